The highest BCUT2D eigenvalue weighted by Gasteiger charge is 2.11. The van der Waals surface area contributed by atoms with E-state index >= 15 is 0 Å². The predicted molar refractivity (Wildman–Crippen MR) is 93.3 cm³/mol. The Balaban J connectivity index is 1.93. The van der Waals surface area contributed by atoms with Crippen LogP contribution in [0, 0.1) is 22.7 Å². The van der Waals surface area contributed by atoms with Gasteiger partial charge >= 0.3 is 0 Å². The lowest BCUT2D eigenvalue weighted by molar-refractivity contribution is -0.112. The molecule has 0 saturated heterocycles. The number of aromatic hydroxyl groups is 1. The molecule has 6 heteroatoms. The number of anilines is 1. The van der Waals surface area contributed by atoms with Crippen LogP contribution in [0.1, 0.15) is 11.1 Å². The number of amides is 1. The molecule has 0 atom stereocenters. The largest absolute Gasteiger partial charge is 0.508 e. The van der Waals surface area contributed by atoms with Crippen molar-refractivity contribution in [3.8, 4) is 17.9 Å². The van der Waals surface area contributed by atoms with Crippen LogP contribution in [0.4, 0.5) is 5.69 Å². The van der Waals surface area contributed by atoms with Crippen molar-refractivity contribution in [1.29, 1.82) is 10.5 Å². The minimum absolute atomic E-state index is 0.0848. The highest BCUT2D eigenvalue weighted by Crippen LogP contribution is 2.14. The molecule has 6 nitrogen and oxygen atoms in total. The van der Waals surface area contributed by atoms with Crippen molar-refractivity contribution < 1.29 is 9.90 Å². The Morgan fingerprint density at radius 1 is 1.12 bits per heavy atom. The van der Waals surface area contributed by atoms with Crippen LogP contribution in [0.5, 0.6) is 5.75 Å². The van der Waals surface area contributed by atoms with Gasteiger partial charge in [-0.05, 0) is 36.2 Å². The zero-order chi connectivity index (χ0) is 18.1. The van der Waals surface area contributed by atoms with E-state index in [9.17, 15) is 9.90 Å². The van der Waals surface area contributed by atoms with E-state index in [1.165, 1.54) is 6.20 Å². The van der Waals surface area contributed by atoms with Crippen LogP contribution in [0.15, 0.2) is 60.3 Å². The summed E-state index contributed by atoms with van der Waals surface area (Å²) in [7, 11) is 0. The van der Waals surface area contributed by atoms with Crippen molar-refractivity contribution in [1.82, 2.24) is 5.32 Å². The number of nitrogens with one attached hydrogen (secondary N) is 2. The summed E-state index contributed by atoms with van der Waals surface area (Å²) >= 11 is 0. The van der Waals surface area contributed by atoms with Crippen molar-refractivity contribution in [3.63, 3.8) is 0 Å². The molecule has 0 aliphatic heterocycles. The molecule has 25 heavy (non-hydrogen) atoms. The number of nitrogens with zero attached hydrogens (tertiary/aromatic N) is 2. The molecule has 0 aliphatic carbocycles. The lowest BCUT2D eigenvalue weighted by Crippen LogP contribution is -2.18. The molecule has 0 radical (unpaired) electrons. The summed E-state index contributed by atoms with van der Waals surface area (Å²) in [4.78, 5) is 12.1. The Hall–Kier alpha value is -3.77. The summed E-state index contributed by atoms with van der Waals surface area (Å²) in [5.74, 6) is -0.375. The zero-order valence-corrected chi connectivity index (χ0v) is 13.4. The SMILES string of the molecule is N#C/C(=C/NCCc1ccc(O)cc1)C(=O)Nc1ccccc1C#N. The molecule has 0 heterocycles. The number of hydrogen-bond donors (Lipinski definition) is 3. The first-order valence-corrected chi connectivity index (χ1v) is 7.56. The van der Waals surface area contributed by atoms with Gasteiger partial charge in [0, 0.05) is 12.7 Å². The first-order valence-electron chi connectivity index (χ1n) is 7.56. The monoisotopic (exact) mass is 332 g/mol. The van der Waals surface area contributed by atoms with Crippen LogP contribution >= 0.6 is 0 Å². The van der Waals surface area contributed by atoms with Gasteiger partial charge in [-0.25, -0.2) is 0 Å². The van der Waals surface area contributed by atoms with E-state index in [0.717, 1.165) is 5.56 Å². The van der Waals surface area contributed by atoms with Crippen molar-refractivity contribution in [2.24, 2.45) is 0 Å². The van der Waals surface area contributed by atoms with E-state index in [4.69, 9.17) is 10.5 Å². The molecule has 0 saturated carbocycles. The molecule has 0 bridgehead atoms. The summed E-state index contributed by atoms with van der Waals surface area (Å²) in [5, 5.41) is 32.9. The first kappa shape index (κ1) is 17.6. The van der Waals surface area contributed by atoms with Gasteiger partial charge in [0.2, 0.25) is 0 Å². The second-order valence-corrected chi connectivity index (χ2v) is 5.15. The molecular formula is C19H16N4O2. The average molecular weight is 332 g/mol. The maximum Gasteiger partial charge on any atom is 0.267 e. The molecule has 0 aromatic heterocycles. The van der Waals surface area contributed by atoms with Gasteiger partial charge in [0.25, 0.3) is 5.91 Å². The van der Waals surface area contributed by atoms with E-state index < -0.39 is 5.91 Å². The van der Waals surface area contributed by atoms with E-state index in [1.54, 1.807) is 48.5 Å². The van der Waals surface area contributed by atoms with Crippen molar-refractivity contribution in [2.75, 3.05) is 11.9 Å². The summed E-state index contributed by atoms with van der Waals surface area (Å²) in [5.41, 5.74) is 1.62. The number of rotatable bonds is 6. The second-order valence-electron chi connectivity index (χ2n) is 5.15. The van der Waals surface area contributed by atoms with Gasteiger partial charge < -0.3 is 15.7 Å². The fourth-order valence-electron chi connectivity index (χ4n) is 2.08. The smallest absolute Gasteiger partial charge is 0.267 e. The van der Waals surface area contributed by atoms with E-state index in [2.05, 4.69) is 10.6 Å². The third kappa shape index (κ3) is 5.12. The number of benzene rings is 2. The first-order chi connectivity index (χ1) is 12.1. The molecule has 0 unspecified atom stereocenters. The Labute approximate surface area is 145 Å². The summed E-state index contributed by atoms with van der Waals surface area (Å²) < 4.78 is 0. The van der Waals surface area contributed by atoms with Crippen LogP contribution in [0.3, 0.4) is 0 Å². The van der Waals surface area contributed by atoms with E-state index in [0.29, 0.717) is 24.2 Å². The maximum atomic E-state index is 12.1. The summed E-state index contributed by atoms with van der Waals surface area (Å²) in [6, 6.07) is 17.2. The molecular weight excluding hydrogens is 316 g/mol. The Morgan fingerprint density at radius 3 is 2.52 bits per heavy atom. The third-order valence-corrected chi connectivity index (χ3v) is 3.40. The van der Waals surface area contributed by atoms with Crippen molar-refractivity contribution in [3.05, 3.63) is 71.4 Å². The normalized spacial score (nSPS) is 10.4. The molecule has 2 aromatic carbocycles. The Kier molecular flexibility index (Phi) is 6.16. The number of phenols is 1. The van der Waals surface area contributed by atoms with E-state index in [1.807, 2.05) is 12.1 Å². The molecule has 3 N–H and O–H groups in total. The van der Waals surface area contributed by atoms with Crippen LogP contribution in [0.2, 0.25) is 0 Å². The molecule has 0 fully saturated rings. The second kappa shape index (κ2) is 8.76. The van der Waals surface area contributed by atoms with Gasteiger partial charge in [-0.2, -0.15) is 10.5 Å². The fourth-order valence-corrected chi connectivity index (χ4v) is 2.08. The number of para-hydroxylation sites is 1. The molecule has 124 valence electrons. The summed E-state index contributed by atoms with van der Waals surface area (Å²) in [6.45, 7) is 0.526. The van der Waals surface area contributed by atoms with Crippen molar-refractivity contribution in [2.45, 2.75) is 6.42 Å². The molecule has 0 aliphatic rings. The minimum atomic E-state index is -0.581. The van der Waals surface area contributed by atoms with Crippen LogP contribution < -0.4 is 10.6 Å². The molecule has 2 aromatic rings. The Morgan fingerprint density at radius 2 is 1.84 bits per heavy atom. The van der Waals surface area contributed by atoms with Gasteiger partial charge in [0.1, 0.15) is 23.5 Å². The number of carbonyl (C=O) groups excluding carboxylic acids is 1. The quantitative estimate of drug-likeness (QED) is 0.428. The highest BCUT2D eigenvalue weighted by molar-refractivity contribution is 6.07. The van der Waals surface area contributed by atoms with Crippen LogP contribution in [0.25, 0.3) is 0 Å². The van der Waals surface area contributed by atoms with E-state index in [-0.39, 0.29) is 11.3 Å². The topological polar surface area (TPSA) is 109 Å². The molecule has 0 spiro atoms. The maximum absolute atomic E-state index is 12.1. The zero-order valence-electron chi connectivity index (χ0n) is 13.4. The predicted octanol–water partition coefficient (Wildman–Crippen LogP) is 2.44. The van der Waals surface area contributed by atoms with Crippen LogP contribution in [-0.4, -0.2) is 17.6 Å². The van der Waals surface area contributed by atoms with Gasteiger partial charge in [0.15, 0.2) is 0 Å². The lowest BCUT2D eigenvalue weighted by atomic mass is 10.1. The number of hydrogen-bond acceptors (Lipinski definition) is 5. The van der Waals surface area contributed by atoms with Gasteiger partial charge in [-0.15, -0.1) is 0 Å². The number of carbonyl (C=O) groups is 1. The van der Waals surface area contributed by atoms with Crippen LogP contribution in [-0.2, 0) is 11.2 Å². The number of phenolic OH excluding ortho intramolecular Hbond substituents is 1. The Bertz CT molecular complexity index is 858. The fraction of sp³-hybridized carbons (Fsp3) is 0.105. The highest BCUT2D eigenvalue weighted by atomic mass is 16.3. The van der Waals surface area contributed by atoms with Crippen molar-refractivity contribution >= 4 is 11.6 Å². The van der Waals surface area contributed by atoms with Gasteiger partial charge in [0.05, 0.1) is 11.3 Å². The van der Waals surface area contributed by atoms with Gasteiger partial charge in [-0.1, -0.05) is 24.3 Å². The third-order valence-electron chi connectivity index (χ3n) is 3.40. The molecule has 1 amide bonds. The van der Waals surface area contributed by atoms with Gasteiger partial charge in [-0.3, -0.25) is 4.79 Å². The number of nitriles is 2. The molecule has 2 rings (SSSR count). The average Bonchev–Trinajstić information content (AvgIpc) is 2.63. The summed E-state index contributed by atoms with van der Waals surface area (Å²) in [6.07, 6.45) is 2.03. The minimum Gasteiger partial charge on any atom is -0.508 e. The standard InChI is InChI=1S/C19H16N4O2/c20-11-15-3-1-2-4-18(15)23-19(25)16(12-21)13-22-10-9-14-5-7-17(24)8-6-14/h1-8,13,22,24H,9-10H2,(H,23,25)/b16-13-. The lowest BCUT2D eigenvalue weighted by Gasteiger charge is -2.06.